The molecule has 4 rings (SSSR count). The van der Waals surface area contributed by atoms with E-state index in [1.54, 1.807) is 0 Å². The lowest BCUT2D eigenvalue weighted by Gasteiger charge is -2.30. The van der Waals surface area contributed by atoms with Gasteiger partial charge in [-0.3, -0.25) is 9.59 Å². The molecule has 1 aliphatic heterocycles. The molecule has 1 aromatic heterocycles. The summed E-state index contributed by atoms with van der Waals surface area (Å²) in [6.45, 7) is 1.62. The highest BCUT2D eigenvalue weighted by atomic mass is 16.2. The zero-order chi connectivity index (χ0) is 17.2. The molecule has 0 spiro atoms. The van der Waals surface area contributed by atoms with Crippen LogP contribution in [-0.4, -0.2) is 40.8 Å². The molecule has 1 aliphatic carbocycles. The van der Waals surface area contributed by atoms with Gasteiger partial charge in [-0.25, -0.2) is 0 Å². The average molecular weight is 339 g/mol. The number of fused-ring (bicyclic) bond motifs is 1. The van der Waals surface area contributed by atoms with E-state index in [0.717, 1.165) is 55.2 Å². The predicted molar refractivity (Wildman–Crippen MR) is 97.1 cm³/mol. The number of H-pyrrole nitrogens is 1. The fraction of sp³-hybridized carbons (Fsp3) is 0.500. The minimum Gasteiger partial charge on any atom is -0.361 e. The summed E-state index contributed by atoms with van der Waals surface area (Å²) in [4.78, 5) is 30.5. The number of para-hydroxylation sites is 1. The maximum Gasteiger partial charge on any atom is 0.245 e. The Bertz CT molecular complexity index is 772. The highest BCUT2D eigenvalue weighted by Gasteiger charge is 2.34. The molecule has 0 bridgehead atoms. The Morgan fingerprint density at radius 3 is 2.68 bits per heavy atom. The predicted octanol–water partition coefficient (Wildman–Crippen LogP) is 2.62. The van der Waals surface area contributed by atoms with Gasteiger partial charge in [0.15, 0.2) is 0 Å². The fourth-order valence-electron chi connectivity index (χ4n) is 3.69. The molecule has 1 saturated carbocycles. The van der Waals surface area contributed by atoms with Crippen molar-refractivity contribution in [2.24, 2.45) is 5.92 Å². The van der Waals surface area contributed by atoms with Gasteiger partial charge in [0, 0.05) is 42.5 Å². The molecule has 1 aromatic carbocycles. The Morgan fingerprint density at radius 2 is 1.92 bits per heavy atom. The second-order valence-corrected chi connectivity index (χ2v) is 7.29. The number of likely N-dealkylation sites (tertiary alicyclic amines) is 1. The van der Waals surface area contributed by atoms with Crippen LogP contribution in [0.4, 0.5) is 0 Å². The number of aromatic amines is 1. The molecule has 2 fully saturated rings. The SMILES string of the molecule is O=C(NC(Cc1c[nH]c2ccccc12)C(=O)N1CCCCC1)C1CC1. The standard InChI is InChI=1S/C20H25N3O2/c24-19(14-8-9-14)22-18(20(25)23-10-4-1-5-11-23)12-15-13-21-17-7-3-2-6-16(15)17/h2-3,6-7,13-14,18,21H,1,4-5,8-12H2,(H,22,24). The number of rotatable bonds is 5. The van der Waals surface area contributed by atoms with Gasteiger partial charge < -0.3 is 15.2 Å². The molecule has 5 nitrogen and oxygen atoms in total. The lowest BCUT2D eigenvalue weighted by atomic mass is 10.0. The summed E-state index contributed by atoms with van der Waals surface area (Å²) in [6.07, 6.45) is 7.70. The molecule has 0 radical (unpaired) electrons. The van der Waals surface area contributed by atoms with Gasteiger partial charge in [0.2, 0.25) is 11.8 Å². The number of hydrogen-bond donors (Lipinski definition) is 2. The summed E-state index contributed by atoms with van der Waals surface area (Å²) in [5.74, 6) is 0.216. The second kappa shape index (κ2) is 6.90. The van der Waals surface area contributed by atoms with Gasteiger partial charge in [0.05, 0.1) is 0 Å². The molecular weight excluding hydrogens is 314 g/mol. The lowest BCUT2D eigenvalue weighted by molar-refractivity contribution is -0.137. The zero-order valence-electron chi connectivity index (χ0n) is 14.5. The number of nitrogens with zero attached hydrogens (tertiary/aromatic N) is 1. The first-order chi connectivity index (χ1) is 12.2. The van der Waals surface area contributed by atoms with Crippen molar-refractivity contribution in [2.75, 3.05) is 13.1 Å². The average Bonchev–Trinajstić information content (AvgIpc) is 3.43. The molecule has 2 heterocycles. The van der Waals surface area contributed by atoms with Crippen molar-refractivity contribution in [1.82, 2.24) is 15.2 Å². The summed E-state index contributed by atoms with van der Waals surface area (Å²) >= 11 is 0. The van der Waals surface area contributed by atoms with Crippen LogP contribution in [0.3, 0.4) is 0 Å². The van der Waals surface area contributed by atoms with Crippen molar-refractivity contribution in [3.8, 4) is 0 Å². The van der Waals surface area contributed by atoms with E-state index in [-0.39, 0.29) is 17.7 Å². The third-order valence-electron chi connectivity index (χ3n) is 5.33. The topological polar surface area (TPSA) is 65.2 Å². The van der Waals surface area contributed by atoms with Crippen LogP contribution in [0.1, 0.15) is 37.7 Å². The van der Waals surface area contributed by atoms with Crippen molar-refractivity contribution >= 4 is 22.7 Å². The van der Waals surface area contributed by atoms with Crippen LogP contribution in [0.15, 0.2) is 30.5 Å². The van der Waals surface area contributed by atoms with Crippen molar-refractivity contribution in [3.63, 3.8) is 0 Å². The second-order valence-electron chi connectivity index (χ2n) is 7.29. The minimum atomic E-state index is -0.467. The molecule has 25 heavy (non-hydrogen) atoms. The van der Waals surface area contributed by atoms with Gasteiger partial charge in [0.25, 0.3) is 0 Å². The Hall–Kier alpha value is -2.30. The zero-order valence-corrected chi connectivity index (χ0v) is 14.5. The van der Waals surface area contributed by atoms with Crippen LogP contribution in [0.2, 0.25) is 0 Å². The highest BCUT2D eigenvalue weighted by molar-refractivity contribution is 5.91. The summed E-state index contributed by atoms with van der Waals surface area (Å²) < 4.78 is 0. The Morgan fingerprint density at radius 1 is 1.16 bits per heavy atom. The van der Waals surface area contributed by atoms with Crippen molar-refractivity contribution in [3.05, 3.63) is 36.0 Å². The van der Waals surface area contributed by atoms with Crippen molar-refractivity contribution in [2.45, 2.75) is 44.6 Å². The smallest absolute Gasteiger partial charge is 0.245 e. The molecule has 1 unspecified atom stereocenters. The molecule has 132 valence electrons. The molecular formula is C20H25N3O2. The van der Waals surface area contributed by atoms with E-state index in [4.69, 9.17) is 0 Å². The van der Waals surface area contributed by atoms with Crippen LogP contribution in [0, 0.1) is 5.92 Å². The number of carbonyl (C=O) groups excluding carboxylic acids is 2. The van der Waals surface area contributed by atoms with E-state index in [0.29, 0.717) is 6.42 Å². The number of piperidine rings is 1. The highest BCUT2D eigenvalue weighted by Crippen LogP contribution is 2.29. The number of benzene rings is 1. The maximum atomic E-state index is 13.0. The third kappa shape index (κ3) is 3.55. The number of nitrogens with one attached hydrogen (secondary N) is 2. The summed E-state index contributed by atoms with van der Waals surface area (Å²) in [6, 6.07) is 7.62. The number of amides is 2. The number of aromatic nitrogens is 1. The van der Waals surface area contributed by atoms with E-state index >= 15 is 0 Å². The van der Waals surface area contributed by atoms with E-state index in [1.807, 2.05) is 29.3 Å². The van der Waals surface area contributed by atoms with Crippen molar-refractivity contribution < 1.29 is 9.59 Å². The molecule has 2 amide bonds. The molecule has 5 heteroatoms. The van der Waals surface area contributed by atoms with Gasteiger partial charge >= 0.3 is 0 Å². The quantitative estimate of drug-likeness (QED) is 0.879. The fourth-order valence-corrected chi connectivity index (χ4v) is 3.69. The normalized spacial score (nSPS) is 19.0. The number of hydrogen-bond acceptors (Lipinski definition) is 2. The first-order valence-electron chi connectivity index (χ1n) is 9.36. The summed E-state index contributed by atoms with van der Waals surface area (Å²) in [5, 5.41) is 4.16. The third-order valence-corrected chi connectivity index (χ3v) is 5.33. The molecule has 1 saturated heterocycles. The van der Waals surface area contributed by atoms with Crippen LogP contribution >= 0.6 is 0 Å². The number of carbonyl (C=O) groups is 2. The first kappa shape index (κ1) is 16.2. The van der Waals surface area contributed by atoms with E-state index < -0.39 is 6.04 Å². The van der Waals surface area contributed by atoms with Crippen molar-refractivity contribution in [1.29, 1.82) is 0 Å². The summed E-state index contributed by atoms with van der Waals surface area (Å²) in [7, 11) is 0. The Labute approximate surface area is 147 Å². The van der Waals surface area contributed by atoms with Gasteiger partial charge in [-0.05, 0) is 43.7 Å². The molecule has 2 aliphatic rings. The van der Waals surface area contributed by atoms with Crippen LogP contribution in [0.5, 0.6) is 0 Å². The van der Waals surface area contributed by atoms with Crippen LogP contribution in [-0.2, 0) is 16.0 Å². The van der Waals surface area contributed by atoms with Gasteiger partial charge in [-0.1, -0.05) is 18.2 Å². The van der Waals surface area contributed by atoms with Crippen LogP contribution < -0.4 is 5.32 Å². The van der Waals surface area contributed by atoms with Gasteiger partial charge in [-0.15, -0.1) is 0 Å². The molecule has 2 N–H and O–H groups in total. The van der Waals surface area contributed by atoms with E-state index in [2.05, 4.69) is 16.4 Å². The monoisotopic (exact) mass is 339 g/mol. The lowest BCUT2D eigenvalue weighted by Crippen LogP contribution is -2.51. The Balaban J connectivity index is 1.55. The van der Waals surface area contributed by atoms with Crippen LogP contribution in [0.25, 0.3) is 10.9 Å². The molecule has 1 atom stereocenters. The Kier molecular flexibility index (Phi) is 4.47. The maximum absolute atomic E-state index is 13.0. The summed E-state index contributed by atoms with van der Waals surface area (Å²) in [5.41, 5.74) is 2.15. The molecule has 2 aromatic rings. The largest absolute Gasteiger partial charge is 0.361 e. The minimum absolute atomic E-state index is 0.0372. The van der Waals surface area contributed by atoms with E-state index in [1.165, 1.54) is 6.42 Å². The van der Waals surface area contributed by atoms with E-state index in [9.17, 15) is 9.59 Å². The van der Waals surface area contributed by atoms with Gasteiger partial charge in [0.1, 0.15) is 6.04 Å². The first-order valence-corrected chi connectivity index (χ1v) is 9.36. The van der Waals surface area contributed by atoms with Gasteiger partial charge in [-0.2, -0.15) is 0 Å².